The lowest BCUT2D eigenvalue weighted by Gasteiger charge is -2.02. The van der Waals surface area contributed by atoms with Crippen LogP contribution in [0.25, 0.3) is 23.6 Å². The lowest BCUT2D eigenvalue weighted by Crippen LogP contribution is -2.19. The van der Waals surface area contributed by atoms with E-state index in [0.29, 0.717) is 32.2 Å². The van der Waals surface area contributed by atoms with Crippen LogP contribution < -0.4 is 19.5 Å². The molecule has 0 saturated heterocycles. The van der Waals surface area contributed by atoms with Crippen molar-refractivity contribution in [2.45, 2.75) is 0 Å². The molecule has 0 aliphatic carbocycles. The van der Waals surface area contributed by atoms with E-state index in [9.17, 15) is 14.5 Å². The Kier molecular flexibility index (Phi) is 3.67. The summed E-state index contributed by atoms with van der Waals surface area (Å²) in [5, 5.41) is 3.37. The maximum absolute atomic E-state index is 11.4. The highest BCUT2D eigenvalue weighted by molar-refractivity contribution is 7.07. The number of amides is 1. The molecule has 3 aromatic rings. The average molecular weight is 330 g/mol. The molecular weight excluding hydrogens is 320 g/mol. The van der Waals surface area contributed by atoms with Crippen LogP contribution in [0.2, 0.25) is 0 Å². The number of nitrogens with zero attached hydrogens (tertiary/aromatic N) is 1. The fourth-order valence-corrected chi connectivity index (χ4v) is 2.93. The van der Waals surface area contributed by atoms with Gasteiger partial charge < -0.3 is 14.1 Å². The number of furan rings is 1. The summed E-state index contributed by atoms with van der Waals surface area (Å²) < 4.78 is 11.3. The molecule has 0 radical (unpaired) electrons. The molecule has 0 unspecified atom stereocenters. The van der Waals surface area contributed by atoms with Crippen molar-refractivity contribution in [1.29, 1.82) is 0 Å². The van der Waals surface area contributed by atoms with Crippen molar-refractivity contribution in [1.82, 2.24) is 4.98 Å². The summed E-state index contributed by atoms with van der Waals surface area (Å²) >= 11 is 1.01. The third kappa shape index (κ3) is 2.59. The number of rotatable bonds is 3. The Labute approximate surface area is 132 Å². The number of fused-ring (bicyclic) bond motifs is 1. The first-order chi connectivity index (χ1) is 11.0. The van der Waals surface area contributed by atoms with Gasteiger partial charge in [0.15, 0.2) is 5.76 Å². The molecule has 0 fully saturated rings. The Bertz CT molecular complexity index is 1090. The highest BCUT2D eigenvalue weighted by Gasteiger charge is 2.17. The van der Waals surface area contributed by atoms with E-state index in [0.717, 1.165) is 11.3 Å². The molecular formula is C15H10N2O5S. The number of hydrogen-bond acceptors (Lipinski definition) is 6. The Balaban J connectivity index is 2.32. The van der Waals surface area contributed by atoms with E-state index in [1.54, 1.807) is 18.2 Å². The fraction of sp³-hybridized carbons (Fsp3) is 0.0667. The van der Waals surface area contributed by atoms with Gasteiger partial charge in [-0.05, 0) is 18.2 Å². The zero-order valence-corrected chi connectivity index (χ0v) is 12.7. The normalized spacial score (nSPS) is 11.8. The Morgan fingerprint density at radius 3 is 2.87 bits per heavy atom. The largest absolute Gasteiger partial charge is 0.496 e. The highest BCUT2D eigenvalue weighted by atomic mass is 32.1. The van der Waals surface area contributed by atoms with E-state index in [-0.39, 0.29) is 10.6 Å². The number of ether oxygens (including phenoxy) is 1. The number of aromatic amines is 1. The third-order valence-electron chi connectivity index (χ3n) is 3.23. The molecule has 1 aromatic carbocycles. The number of carbonyl (C=O) groups is 1. The van der Waals surface area contributed by atoms with Gasteiger partial charge in [0.1, 0.15) is 11.3 Å². The van der Waals surface area contributed by atoms with Crippen LogP contribution in [0.5, 0.6) is 5.75 Å². The van der Waals surface area contributed by atoms with Gasteiger partial charge in [-0.25, -0.2) is 0 Å². The molecule has 1 N–H and O–H groups in total. The van der Waals surface area contributed by atoms with E-state index in [1.807, 2.05) is 0 Å². The van der Waals surface area contributed by atoms with Crippen LogP contribution in [0.4, 0.5) is 0 Å². The van der Waals surface area contributed by atoms with Crippen molar-refractivity contribution in [2.75, 3.05) is 7.11 Å². The van der Waals surface area contributed by atoms with Gasteiger partial charge in [0.05, 0.1) is 22.4 Å². The molecule has 0 saturated carbocycles. The zero-order valence-electron chi connectivity index (χ0n) is 11.9. The quantitative estimate of drug-likeness (QED) is 0.730. The number of aromatic nitrogens is 1. The van der Waals surface area contributed by atoms with Crippen molar-refractivity contribution < 1.29 is 13.9 Å². The second kappa shape index (κ2) is 5.65. The number of nitroso groups, excluding NO2 is 1. The SMILES string of the molecule is C=c1[nH]c(=O)s/c1=C\c1ccc(OC)c2cc(C(=O)N=O)oc12. The number of H-pyrrole nitrogens is 1. The molecule has 0 bridgehead atoms. The molecule has 0 atom stereocenters. The van der Waals surface area contributed by atoms with E-state index >= 15 is 0 Å². The van der Waals surface area contributed by atoms with Crippen LogP contribution in [0.3, 0.4) is 0 Å². The summed E-state index contributed by atoms with van der Waals surface area (Å²) in [6.07, 6.45) is 1.71. The van der Waals surface area contributed by atoms with Crippen molar-refractivity contribution in [3.8, 4) is 5.75 Å². The van der Waals surface area contributed by atoms with Gasteiger partial charge in [0.25, 0.3) is 0 Å². The highest BCUT2D eigenvalue weighted by Crippen LogP contribution is 2.32. The minimum atomic E-state index is -1.00. The van der Waals surface area contributed by atoms with Crippen molar-refractivity contribution >= 4 is 40.9 Å². The number of nitrogens with one attached hydrogen (secondary N) is 1. The molecule has 0 aliphatic rings. The van der Waals surface area contributed by atoms with Gasteiger partial charge >= 0.3 is 10.8 Å². The van der Waals surface area contributed by atoms with Crippen LogP contribution in [0.1, 0.15) is 16.1 Å². The standard InChI is InChI=1S/C15H10N2O5S/c1-7-12(23-15(19)16-7)5-8-3-4-10(21-2)9-6-11(14(18)17-20)22-13(8)9/h3-6H,1H2,2H3,(H,16,19)/b12-5-. The van der Waals surface area contributed by atoms with Crippen LogP contribution in [0, 0.1) is 4.91 Å². The minimum Gasteiger partial charge on any atom is -0.496 e. The van der Waals surface area contributed by atoms with Crippen molar-refractivity contribution in [3.05, 3.63) is 54.0 Å². The first-order valence-corrected chi connectivity index (χ1v) is 7.23. The summed E-state index contributed by atoms with van der Waals surface area (Å²) in [5.74, 6) is -0.687. The van der Waals surface area contributed by atoms with Gasteiger partial charge in [-0.2, -0.15) is 0 Å². The predicted molar refractivity (Wildman–Crippen MR) is 86.2 cm³/mol. The minimum absolute atomic E-state index is 0.175. The summed E-state index contributed by atoms with van der Waals surface area (Å²) in [5.41, 5.74) is 0.975. The lowest BCUT2D eigenvalue weighted by molar-refractivity contribution is 0.0976. The fourth-order valence-electron chi connectivity index (χ4n) is 2.19. The summed E-state index contributed by atoms with van der Waals surface area (Å²) in [4.78, 5) is 35.6. The van der Waals surface area contributed by atoms with Gasteiger partial charge in [-0.1, -0.05) is 17.9 Å². The first kappa shape index (κ1) is 14.9. The van der Waals surface area contributed by atoms with E-state index in [1.165, 1.54) is 13.2 Å². The molecule has 3 rings (SSSR count). The van der Waals surface area contributed by atoms with Crippen molar-refractivity contribution in [3.63, 3.8) is 0 Å². The summed E-state index contributed by atoms with van der Waals surface area (Å²) in [7, 11) is 1.48. The number of carbonyl (C=O) groups excluding carboxylic acids is 1. The predicted octanol–water partition coefficient (Wildman–Crippen LogP) is 1.34. The smallest absolute Gasteiger partial charge is 0.351 e. The molecule has 8 heteroatoms. The van der Waals surface area contributed by atoms with E-state index in [4.69, 9.17) is 9.15 Å². The lowest BCUT2D eigenvalue weighted by atomic mass is 10.1. The maximum Gasteiger partial charge on any atom is 0.351 e. The van der Waals surface area contributed by atoms with Crippen LogP contribution in [-0.4, -0.2) is 18.0 Å². The number of methoxy groups -OCH3 is 1. The van der Waals surface area contributed by atoms with Crippen LogP contribution >= 0.6 is 11.3 Å². The van der Waals surface area contributed by atoms with E-state index in [2.05, 4.69) is 16.7 Å². The number of hydrogen-bond donors (Lipinski definition) is 1. The van der Waals surface area contributed by atoms with Crippen LogP contribution in [-0.2, 0) is 0 Å². The molecule has 2 aromatic heterocycles. The first-order valence-electron chi connectivity index (χ1n) is 6.41. The van der Waals surface area contributed by atoms with Gasteiger partial charge in [0.2, 0.25) is 0 Å². The van der Waals surface area contributed by atoms with Gasteiger partial charge in [0, 0.05) is 16.8 Å². The maximum atomic E-state index is 11.4. The number of benzene rings is 1. The Morgan fingerprint density at radius 1 is 1.48 bits per heavy atom. The molecule has 23 heavy (non-hydrogen) atoms. The monoisotopic (exact) mass is 330 g/mol. The van der Waals surface area contributed by atoms with Crippen molar-refractivity contribution in [2.24, 2.45) is 5.18 Å². The molecule has 0 aliphatic heterocycles. The van der Waals surface area contributed by atoms with Gasteiger partial charge in [-0.15, -0.1) is 4.91 Å². The molecule has 7 nitrogen and oxygen atoms in total. The second-order valence-electron chi connectivity index (χ2n) is 4.61. The Hall–Kier alpha value is -3.00. The average Bonchev–Trinajstić information content (AvgIpc) is 3.11. The second-order valence-corrected chi connectivity index (χ2v) is 5.62. The third-order valence-corrected chi connectivity index (χ3v) is 4.10. The number of thiazole rings is 1. The molecule has 2 heterocycles. The topological polar surface area (TPSA) is 102 Å². The van der Waals surface area contributed by atoms with Crippen LogP contribution in [0.15, 0.2) is 32.6 Å². The Morgan fingerprint density at radius 2 is 2.26 bits per heavy atom. The molecule has 116 valence electrons. The summed E-state index contributed by atoms with van der Waals surface area (Å²) in [6, 6.07) is 4.82. The summed E-state index contributed by atoms with van der Waals surface area (Å²) in [6.45, 7) is 3.76. The van der Waals surface area contributed by atoms with E-state index < -0.39 is 5.91 Å². The zero-order chi connectivity index (χ0) is 16.6. The molecule has 0 spiro atoms. The van der Waals surface area contributed by atoms with Gasteiger partial charge in [-0.3, -0.25) is 9.59 Å². The molecule has 1 amide bonds.